The average molecular weight is 328 g/mol. The highest BCUT2D eigenvalue weighted by molar-refractivity contribution is 6.30. The second-order valence-corrected chi connectivity index (χ2v) is 6.37. The Balaban J connectivity index is 2.02. The molecular formula is C15H19ClFN3O2. The fraction of sp³-hybridized carbons (Fsp3) is 0.467. The van der Waals surface area contributed by atoms with Gasteiger partial charge in [-0.3, -0.25) is 9.59 Å². The maximum Gasteiger partial charge on any atom is 0.256 e. The largest absolute Gasteiger partial charge is 0.338 e. The quantitative estimate of drug-likeness (QED) is 0.895. The van der Waals surface area contributed by atoms with Crippen molar-refractivity contribution in [2.75, 3.05) is 26.2 Å². The lowest BCUT2D eigenvalue weighted by Crippen LogP contribution is -2.57. The van der Waals surface area contributed by atoms with Crippen LogP contribution in [0, 0.1) is 5.82 Å². The van der Waals surface area contributed by atoms with Gasteiger partial charge in [-0.1, -0.05) is 11.6 Å². The molecule has 1 heterocycles. The van der Waals surface area contributed by atoms with Gasteiger partial charge in [0.25, 0.3) is 5.91 Å². The van der Waals surface area contributed by atoms with Crippen molar-refractivity contribution in [3.63, 3.8) is 0 Å². The topological polar surface area (TPSA) is 66.6 Å². The van der Waals surface area contributed by atoms with Gasteiger partial charge in [0.05, 0.1) is 11.1 Å². The van der Waals surface area contributed by atoms with E-state index in [1.807, 2.05) is 0 Å². The van der Waals surface area contributed by atoms with Crippen LogP contribution < -0.4 is 5.73 Å². The maximum absolute atomic E-state index is 13.8. The van der Waals surface area contributed by atoms with Crippen molar-refractivity contribution >= 4 is 23.4 Å². The number of benzene rings is 1. The van der Waals surface area contributed by atoms with Gasteiger partial charge in [-0.15, -0.1) is 0 Å². The van der Waals surface area contributed by atoms with E-state index in [0.29, 0.717) is 26.2 Å². The Morgan fingerprint density at radius 2 is 1.73 bits per heavy atom. The second kappa shape index (κ2) is 6.22. The number of nitrogens with two attached hydrogens (primary N) is 1. The van der Waals surface area contributed by atoms with Crippen LogP contribution in [0.25, 0.3) is 0 Å². The molecule has 2 N–H and O–H groups in total. The minimum Gasteiger partial charge on any atom is -0.338 e. The van der Waals surface area contributed by atoms with Crippen LogP contribution in [-0.4, -0.2) is 53.3 Å². The predicted octanol–water partition coefficient (Wildman–Crippen LogP) is 1.50. The van der Waals surface area contributed by atoms with Gasteiger partial charge in [-0.25, -0.2) is 4.39 Å². The first-order valence-electron chi connectivity index (χ1n) is 7.03. The van der Waals surface area contributed by atoms with Crippen molar-refractivity contribution in [3.05, 3.63) is 34.6 Å². The summed E-state index contributed by atoms with van der Waals surface area (Å²) >= 11 is 5.68. The first kappa shape index (κ1) is 16.7. The van der Waals surface area contributed by atoms with Gasteiger partial charge >= 0.3 is 0 Å². The van der Waals surface area contributed by atoms with Crippen LogP contribution in [0.5, 0.6) is 0 Å². The van der Waals surface area contributed by atoms with Crippen LogP contribution in [0.15, 0.2) is 18.2 Å². The highest BCUT2D eigenvalue weighted by Crippen LogP contribution is 2.18. The molecule has 2 amide bonds. The zero-order valence-electron chi connectivity index (χ0n) is 12.6. The molecule has 0 spiro atoms. The molecule has 1 aromatic rings. The van der Waals surface area contributed by atoms with Crippen LogP contribution in [0.3, 0.4) is 0 Å². The molecule has 0 bridgehead atoms. The van der Waals surface area contributed by atoms with Crippen molar-refractivity contribution in [1.82, 2.24) is 9.80 Å². The average Bonchev–Trinajstić information content (AvgIpc) is 2.45. The first-order valence-corrected chi connectivity index (χ1v) is 7.40. The smallest absolute Gasteiger partial charge is 0.256 e. The van der Waals surface area contributed by atoms with E-state index in [1.165, 1.54) is 17.0 Å². The molecule has 0 aliphatic carbocycles. The third-order valence-corrected chi connectivity index (χ3v) is 3.80. The molecule has 0 unspecified atom stereocenters. The maximum atomic E-state index is 13.8. The Bertz CT molecular complexity index is 593. The SMILES string of the molecule is CC(C)(N)C(=O)N1CCN(C(=O)c2ccc(Cl)cc2F)CC1. The van der Waals surface area contributed by atoms with Gasteiger partial charge in [-0.2, -0.15) is 0 Å². The highest BCUT2D eigenvalue weighted by Gasteiger charge is 2.31. The molecule has 1 saturated heterocycles. The number of carbonyl (C=O) groups excluding carboxylic acids is 2. The van der Waals surface area contributed by atoms with Gasteiger partial charge in [0, 0.05) is 31.2 Å². The van der Waals surface area contributed by atoms with Crippen molar-refractivity contribution < 1.29 is 14.0 Å². The number of hydrogen-bond donors (Lipinski definition) is 1. The van der Waals surface area contributed by atoms with Crippen molar-refractivity contribution in [2.45, 2.75) is 19.4 Å². The number of amides is 2. The summed E-state index contributed by atoms with van der Waals surface area (Å²) in [5.74, 6) is -1.19. The van der Waals surface area contributed by atoms with E-state index in [2.05, 4.69) is 0 Å². The zero-order valence-corrected chi connectivity index (χ0v) is 13.4. The van der Waals surface area contributed by atoms with Gasteiger partial charge in [-0.05, 0) is 32.0 Å². The molecule has 5 nitrogen and oxygen atoms in total. The van der Waals surface area contributed by atoms with E-state index in [0.717, 1.165) is 6.07 Å². The van der Waals surface area contributed by atoms with Crippen LogP contribution in [0.4, 0.5) is 4.39 Å². The van der Waals surface area contributed by atoms with E-state index >= 15 is 0 Å². The fourth-order valence-corrected chi connectivity index (χ4v) is 2.51. The standard InChI is InChI=1S/C15H19ClFN3O2/c1-15(2,18)14(22)20-7-5-19(6-8-20)13(21)11-4-3-10(16)9-12(11)17/h3-4,9H,5-8,18H2,1-2H3. The Morgan fingerprint density at radius 3 is 2.23 bits per heavy atom. The summed E-state index contributed by atoms with van der Waals surface area (Å²) in [4.78, 5) is 27.6. The van der Waals surface area contributed by atoms with E-state index in [9.17, 15) is 14.0 Å². The van der Waals surface area contributed by atoms with Gasteiger partial charge < -0.3 is 15.5 Å². The molecule has 7 heteroatoms. The van der Waals surface area contributed by atoms with Gasteiger partial charge in [0.1, 0.15) is 5.82 Å². The summed E-state index contributed by atoms with van der Waals surface area (Å²) in [6.45, 7) is 4.78. The third-order valence-electron chi connectivity index (χ3n) is 3.57. The molecule has 1 aliphatic heterocycles. The Hall–Kier alpha value is -1.66. The highest BCUT2D eigenvalue weighted by atomic mass is 35.5. The van der Waals surface area contributed by atoms with E-state index < -0.39 is 17.3 Å². The lowest BCUT2D eigenvalue weighted by Gasteiger charge is -2.37. The second-order valence-electron chi connectivity index (χ2n) is 5.93. The minimum atomic E-state index is -0.936. The molecule has 0 saturated carbocycles. The van der Waals surface area contributed by atoms with Gasteiger partial charge in [0.2, 0.25) is 5.91 Å². The Morgan fingerprint density at radius 1 is 1.18 bits per heavy atom. The summed E-state index contributed by atoms with van der Waals surface area (Å²) in [6, 6.07) is 3.97. The molecule has 120 valence electrons. The molecule has 1 fully saturated rings. The third kappa shape index (κ3) is 3.56. The van der Waals surface area contributed by atoms with Crippen molar-refractivity contribution in [3.8, 4) is 0 Å². The van der Waals surface area contributed by atoms with E-state index in [4.69, 9.17) is 17.3 Å². The van der Waals surface area contributed by atoms with E-state index in [1.54, 1.807) is 18.7 Å². The molecule has 0 aromatic heterocycles. The first-order chi connectivity index (χ1) is 10.2. The van der Waals surface area contributed by atoms with Crippen LogP contribution in [0.1, 0.15) is 24.2 Å². The summed E-state index contributed by atoms with van der Waals surface area (Å²) in [5.41, 5.74) is 4.85. The Kier molecular flexibility index (Phi) is 4.72. The van der Waals surface area contributed by atoms with Crippen molar-refractivity contribution in [1.29, 1.82) is 0 Å². The van der Waals surface area contributed by atoms with Gasteiger partial charge in [0.15, 0.2) is 0 Å². The number of rotatable bonds is 2. The number of piperazine rings is 1. The summed E-state index contributed by atoms with van der Waals surface area (Å²) in [6.07, 6.45) is 0. The molecule has 22 heavy (non-hydrogen) atoms. The minimum absolute atomic E-state index is 0.0108. The molecule has 0 radical (unpaired) electrons. The fourth-order valence-electron chi connectivity index (χ4n) is 2.35. The summed E-state index contributed by atoms with van der Waals surface area (Å²) < 4.78 is 13.8. The zero-order chi connectivity index (χ0) is 16.5. The number of hydrogen-bond acceptors (Lipinski definition) is 3. The Labute approximate surface area is 133 Å². The van der Waals surface area contributed by atoms with Crippen LogP contribution in [-0.2, 0) is 4.79 Å². The summed E-state index contributed by atoms with van der Waals surface area (Å²) in [5, 5.41) is 0.245. The molecule has 1 aromatic carbocycles. The predicted molar refractivity (Wildman–Crippen MR) is 82.2 cm³/mol. The lowest BCUT2D eigenvalue weighted by atomic mass is 10.0. The lowest BCUT2D eigenvalue weighted by molar-refractivity contribution is -0.137. The normalized spacial score (nSPS) is 15.9. The van der Waals surface area contributed by atoms with E-state index in [-0.39, 0.29) is 16.5 Å². The van der Waals surface area contributed by atoms with Crippen LogP contribution in [0.2, 0.25) is 5.02 Å². The molecular weight excluding hydrogens is 309 g/mol. The van der Waals surface area contributed by atoms with Crippen molar-refractivity contribution in [2.24, 2.45) is 5.73 Å². The molecule has 2 rings (SSSR count). The number of carbonyl (C=O) groups is 2. The monoisotopic (exact) mass is 327 g/mol. The molecule has 1 aliphatic rings. The number of nitrogens with zero attached hydrogens (tertiary/aromatic N) is 2. The van der Waals surface area contributed by atoms with Crippen LogP contribution >= 0.6 is 11.6 Å². The molecule has 0 atom stereocenters. The number of halogens is 2. The summed E-state index contributed by atoms with van der Waals surface area (Å²) in [7, 11) is 0.